The highest BCUT2D eigenvalue weighted by atomic mass is 15.3. The van der Waals surface area contributed by atoms with Crippen LogP contribution < -0.4 is 5.32 Å². The molecule has 1 N–H and O–H groups in total. The van der Waals surface area contributed by atoms with E-state index in [1.54, 1.807) is 10.7 Å². The second-order valence-corrected chi connectivity index (χ2v) is 5.76. The molecule has 0 aliphatic carbocycles. The molecule has 0 spiro atoms. The van der Waals surface area contributed by atoms with Crippen LogP contribution in [0.4, 0.5) is 11.5 Å². The highest BCUT2D eigenvalue weighted by Crippen LogP contribution is 2.26. The van der Waals surface area contributed by atoms with E-state index >= 15 is 0 Å². The summed E-state index contributed by atoms with van der Waals surface area (Å²) >= 11 is 0. The zero-order valence-electron chi connectivity index (χ0n) is 13.6. The molecule has 0 aliphatic rings. The maximum absolute atomic E-state index is 9.60. The van der Waals surface area contributed by atoms with Crippen molar-refractivity contribution in [2.75, 3.05) is 5.32 Å². The van der Waals surface area contributed by atoms with Crippen molar-refractivity contribution in [3.05, 3.63) is 78.0 Å². The number of fused-ring (bicyclic) bond motifs is 1. The first-order valence-electron chi connectivity index (χ1n) is 7.93. The lowest BCUT2D eigenvalue weighted by Crippen LogP contribution is -1.96. The van der Waals surface area contributed by atoms with E-state index in [2.05, 4.69) is 40.5 Å². The molecule has 0 amide bonds. The third kappa shape index (κ3) is 2.70. The highest BCUT2D eigenvalue weighted by molar-refractivity contribution is 5.74. The van der Waals surface area contributed by atoms with E-state index in [0.29, 0.717) is 17.0 Å². The van der Waals surface area contributed by atoms with Gasteiger partial charge >= 0.3 is 0 Å². The lowest BCUT2D eigenvalue weighted by molar-refractivity contribution is 0.951. The molecule has 4 aromatic rings. The predicted molar refractivity (Wildman–Crippen MR) is 97.6 cm³/mol. The summed E-state index contributed by atoms with van der Waals surface area (Å²) in [5.41, 5.74) is 4.95. The second kappa shape index (κ2) is 6.10. The van der Waals surface area contributed by atoms with Gasteiger partial charge in [0.15, 0.2) is 11.5 Å². The number of nitriles is 1. The van der Waals surface area contributed by atoms with Crippen molar-refractivity contribution in [1.29, 1.82) is 5.26 Å². The maximum atomic E-state index is 9.60. The van der Waals surface area contributed by atoms with E-state index in [9.17, 15) is 5.26 Å². The maximum Gasteiger partial charge on any atom is 0.175 e. The monoisotopic (exact) mass is 325 g/mol. The summed E-state index contributed by atoms with van der Waals surface area (Å²) in [4.78, 5) is 4.36. The fourth-order valence-corrected chi connectivity index (χ4v) is 2.74. The average Bonchev–Trinajstić information content (AvgIpc) is 3.00. The van der Waals surface area contributed by atoms with Crippen LogP contribution in [0.5, 0.6) is 0 Å². The first-order chi connectivity index (χ1) is 12.3. The summed E-state index contributed by atoms with van der Waals surface area (Å²) < 4.78 is 1.72. The standard InChI is InChI=1S/C20H15N5/c1-14-7-9-15(10-8-14)18-11-12-22-20-17(13-21)19(24-25(18)20)23-16-5-3-2-4-6-16/h2-12H,1H3,(H,23,24). The summed E-state index contributed by atoms with van der Waals surface area (Å²) in [6.07, 6.45) is 1.71. The number of para-hydroxylation sites is 1. The van der Waals surface area contributed by atoms with Gasteiger partial charge in [-0.05, 0) is 25.1 Å². The lowest BCUT2D eigenvalue weighted by Gasteiger charge is -2.04. The lowest BCUT2D eigenvalue weighted by atomic mass is 10.1. The molecule has 0 saturated heterocycles. The zero-order chi connectivity index (χ0) is 17.2. The quantitative estimate of drug-likeness (QED) is 0.609. The fraction of sp³-hybridized carbons (Fsp3) is 0.0500. The molecule has 0 atom stereocenters. The molecule has 0 aliphatic heterocycles. The number of nitrogens with zero attached hydrogens (tertiary/aromatic N) is 4. The first kappa shape index (κ1) is 14.9. The number of nitrogens with one attached hydrogen (secondary N) is 1. The van der Waals surface area contributed by atoms with Crippen molar-refractivity contribution in [3.8, 4) is 17.3 Å². The summed E-state index contributed by atoms with van der Waals surface area (Å²) in [5, 5.41) is 17.4. The van der Waals surface area contributed by atoms with Gasteiger partial charge in [0.1, 0.15) is 11.6 Å². The molecule has 4 rings (SSSR count). The molecule has 0 unspecified atom stereocenters. The highest BCUT2D eigenvalue weighted by Gasteiger charge is 2.16. The SMILES string of the molecule is Cc1ccc(-c2ccnc3c(C#N)c(Nc4ccccc4)nn23)cc1. The normalized spacial score (nSPS) is 10.6. The minimum atomic E-state index is 0.429. The molecule has 120 valence electrons. The molecular weight excluding hydrogens is 310 g/mol. The minimum absolute atomic E-state index is 0.429. The van der Waals surface area contributed by atoms with E-state index in [1.807, 2.05) is 48.5 Å². The van der Waals surface area contributed by atoms with Gasteiger partial charge in [-0.15, -0.1) is 5.10 Å². The van der Waals surface area contributed by atoms with Crippen LogP contribution in [-0.2, 0) is 0 Å². The molecule has 5 heteroatoms. The summed E-state index contributed by atoms with van der Waals surface area (Å²) in [6, 6.07) is 22.0. The van der Waals surface area contributed by atoms with Crippen molar-refractivity contribution < 1.29 is 0 Å². The van der Waals surface area contributed by atoms with Gasteiger partial charge in [0.05, 0.1) is 5.69 Å². The van der Waals surface area contributed by atoms with E-state index < -0.39 is 0 Å². The molecule has 2 aromatic heterocycles. The number of anilines is 2. The van der Waals surface area contributed by atoms with E-state index in [4.69, 9.17) is 0 Å². The Hall–Kier alpha value is -3.65. The number of hydrogen-bond donors (Lipinski definition) is 1. The second-order valence-electron chi connectivity index (χ2n) is 5.76. The van der Waals surface area contributed by atoms with Crippen LogP contribution in [0.2, 0.25) is 0 Å². The number of aryl methyl sites for hydroxylation is 1. The van der Waals surface area contributed by atoms with Crippen LogP contribution >= 0.6 is 0 Å². The van der Waals surface area contributed by atoms with Crippen LogP contribution in [-0.4, -0.2) is 14.6 Å². The molecule has 0 fully saturated rings. The van der Waals surface area contributed by atoms with Crippen molar-refractivity contribution in [2.45, 2.75) is 6.92 Å². The van der Waals surface area contributed by atoms with Crippen LogP contribution in [0.3, 0.4) is 0 Å². The van der Waals surface area contributed by atoms with Crippen LogP contribution in [0.15, 0.2) is 66.9 Å². The van der Waals surface area contributed by atoms with Gasteiger partial charge < -0.3 is 5.32 Å². The molecule has 5 nitrogen and oxygen atoms in total. The van der Waals surface area contributed by atoms with Crippen molar-refractivity contribution in [2.24, 2.45) is 0 Å². The Bertz CT molecular complexity index is 1070. The van der Waals surface area contributed by atoms with Crippen molar-refractivity contribution >= 4 is 17.2 Å². The molecule has 0 bridgehead atoms. The van der Waals surface area contributed by atoms with Gasteiger partial charge in [0.25, 0.3) is 0 Å². The van der Waals surface area contributed by atoms with E-state index in [-0.39, 0.29) is 0 Å². The van der Waals surface area contributed by atoms with Gasteiger partial charge in [-0.1, -0.05) is 48.0 Å². The van der Waals surface area contributed by atoms with Gasteiger partial charge in [0, 0.05) is 17.4 Å². The topological polar surface area (TPSA) is 66.0 Å². The summed E-state index contributed by atoms with van der Waals surface area (Å²) in [6.45, 7) is 2.05. The smallest absolute Gasteiger partial charge is 0.175 e. The molecule has 0 saturated carbocycles. The van der Waals surface area contributed by atoms with Crippen LogP contribution in [0.1, 0.15) is 11.1 Å². The third-order valence-electron chi connectivity index (χ3n) is 4.01. The first-order valence-corrected chi connectivity index (χ1v) is 7.93. The Morgan fingerprint density at radius 3 is 2.48 bits per heavy atom. The van der Waals surface area contributed by atoms with Gasteiger partial charge in [0.2, 0.25) is 0 Å². The third-order valence-corrected chi connectivity index (χ3v) is 4.01. The van der Waals surface area contributed by atoms with Gasteiger partial charge in [-0.2, -0.15) is 5.26 Å². The Morgan fingerprint density at radius 1 is 1.00 bits per heavy atom. The summed E-state index contributed by atoms with van der Waals surface area (Å²) in [5.74, 6) is 0.501. The van der Waals surface area contributed by atoms with Gasteiger partial charge in [-0.3, -0.25) is 0 Å². The Kier molecular flexibility index (Phi) is 3.64. The minimum Gasteiger partial charge on any atom is -0.338 e. The molecule has 2 aromatic carbocycles. The van der Waals surface area contributed by atoms with Crippen LogP contribution in [0, 0.1) is 18.3 Å². The predicted octanol–water partition coefficient (Wildman–Crippen LogP) is 4.32. The van der Waals surface area contributed by atoms with E-state index in [0.717, 1.165) is 16.9 Å². The van der Waals surface area contributed by atoms with Crippen molar-refractivity contribution in [3.63, 3.8) is 0 Å². The number of benzene rings is 2. The van der Waals surface area contributed by atoms with Crippen molar-refractivity contribution in [1.82, 2.24) is 14.6 Å². The largest absolute Gasteiger partial charge is 0.338 e. The Morgan fingerprint density at radius 2 is 1.76 bits per heavy atom. The number of rotatable bonds is 3. The van der Waals surface area contributed by atoms with E-state index in [1.165, 1.54) is 5.56 Å². The summed E-state index contributed by atoms with van der Waals surface area (Å²) in [7, 11) is 0. The molecule has 25 heavy (non-hydrogen) atoms. The zero-order valence-corrected chi connectivity index (χ0v) is 13.6. The fourth-order valence-electron chi connectivity index (χ4n) is 2.74. The number of hydrogen-bond acceptors (Lipinski definition) is 4. The Balaban J connectivity index is 1.88. The average molecular weight is 325 g/mol. The van der Waals surface area contributed by atoms with Crippen LogP contribution in [0.25, 0.3) is 16.9 Å². The van der Waals surface area contributed by atoms with Gasteiger partial charge in [-0.25, -0.2) is 9.50 Å². The molecule has 0 radical (unpaired) electrons. The number of aromatic nitrogens is 3. The Labute approximate surface area is 145 Å². The molecular formula is C20H15N5. The molecule has 2 heterocycles.